The van der Waals surface area contributed by atoms with E-state index in [9.17, 15) is 4.79 Å². The first-order valence-electron chi connectivity index (χ1n) is 6.35. The van der Waals surface area contributed by atoms with Gasteiger partial charge in [0.15, 0.2) is 0 Å². The second kappa shape index (κ2) is 6.82. The number of nitrogens with zero attached hydrogens (tertiary/aromatic N) is 1. The van der Waals surface area contributed by atoms with Gasteiger partial charge in [0.05, 0.1) is 10.6 Å². The fraction of sp³-hybridized carbons (Fsp3) is 0.538. The van der Waals surface area contributed by atoms with Gasteiger partial charge in [-0.05, 0) is 24.7 Å². The van der Waals surface area contributed by atoms with Crippen LogP contribution in [-0.2, 0) is 0 Å². The number of nitrogens with one attached hydrogen (secondary N) is 1. The minimum Gasteiger partial charge on any atom is -0.348 e. The molecule has 0 bridgehead atoms. The Morgan fingerprint density at radius 2 is 2.32 bits per heavy atom. The average molecular weight is 319 g/mol. The summed E-state index contributed by atoms with van der Waals surface area (Å²) in [4.78, 5) is 16.1. The molecule has 1 aliphatic carbocycles. The minimum absolute atomic E-state index is 0.164. The van der Waals surface area contributed by atoms with Crippen LogP contribution in [0.15, 0.2) is 12.3 Å². The Bertz CT molecular complexity index is 470. The predicted molar refractivity (Wildman–Crippen MR) is 81.3 cm³/mol. The lowest BCUT2D eigenvalue weighted by Crippen LogP contribution is -2.38. The number of aromatic nitrogens is 1. The quantitative estimate of drug-likeness (QED) is 0.859. The van der Waals surface area contributed by atoms with E-state index in [0.29, 0.717) is 15.8 Å². The van der Waals surface area contributed by atoms with Crippen molar-refractivity contribution in [3.8, 4) is 0 Å². The Kier molecular flexibility index (Phi) is 5.37. The molecule has 0 aliphatic heterocycles. The van der Waals surface area contributed by atoms with Gasteiger partial charge in [-0.2, -0.15) is 11.8 Å². The number of hydrogen-bond donors (Lipinski definition) is 1. The summed E-state index contributed by atoms with van der Waals surface area (Å²) in [6.07, 6.45) is 4.76. The van der Waals surface area contributed by atoms with Crippen molar-refractivity contribution in [3.05, 3.63) is 28.0 Å². The summed E-state index contributed by atoms with van der Waals surface area (Å²) in [6, 6.07) is 1.73. The lowest BCUT2D eigenvalue weighted by molar-refractivity contribution is 0.0938. The number of carbonyl (C=O) groups excluding carboxylic acids is 1. The first-order valence-corrected chi connectivity index (χ1v) is 8.15. The Morgan fingerprint density at radius 1 is 1.53 bits per heavy atom. The van der Waals surface area contributed by atoms with Crippen molar-refractivity contribution in [2.24, 2.45) is 0 Å². The van der Waals surface area contributed by atoms with Gasteiger partial charge in [0, 0.05) is 17.5 Å². The van der Waals surface area contributed by atoms with Crippen molar-refractivity contribution in [2.75, 3.05) is 5.75 Å². The Morgan fingerprint density at radius 3 is 3.05 bits per heavy atom. The van der Waals surface area contributed by atoms with Crippen LogP contribution in [0.4, 0.5) is 0 Å². The summed E-state index contributed by atoms with van der Waals surface area (Å²) in [6.45, 7) is 2.14. The monoisotopic (exact) mass is 318 g/mol. The molecule has 0 saturated heterocycles. The van der Waals surface area contributed by atoms with Gasteiger partial charge in [0.25, 0.3) is 5.91 Å². The lowest BCUT2D eigenvalue weighted by atomic mass is 10.2. The molecule has 1 aromatic rings. The Labute approximate surface area is 127 Å². The highest BCUT2D eigenvalue weighted by Crippen LogP contribution is 2.30. The maximum Gasteiger partial charge on any atom is 0.253 e. The molecular weight excluding hydrogens is 303 g/mol. The molecule has 2 unspecified atom stereocenters. The Balaban J connectivity index is 2.06. The van der Waals surface area contributed by atoms with Crippen LogP contribution in [-0.4, -0.2) is 27.9 Å². The van der Waals surface area contributed by atoms with Gasteiger partial charge < -0.3 is 5.32 Å². The van der Waals surface area contributed by atoms with E-state index in [1.807, 2.05) is 11.8 Å². The molecule has 2 atom stereocenters. The molecule has 0 radical (unpaired) electrons. The molecule has 1 N–H and O–H groups in total. The van der Waals surface area contributed by atoms with E-state index in [2.05, 4.69) is 17.2 Å². The number of pyridine rings is 1. The molecule has 1 aromatic heterocycles. The third kappa shape index (κ3) is 3.77. The SMILES string of the molecule is CCSC1CCCC1NC(=O)c1cc(Cl)ncc1Cl. The van der Waals surface area contributed by atoms with E-state index >= 15 is 0 Å². The molecule has 1 aliphatic rings. The zero-order valence-corrected chi connectivity index (χ0v) is 13.0. The molecule has 19 heavy (non-hydrogen) atoms. The zero-order valence-electron chi connectivity index (χ0n) is 10.7. The van der Waals surface area contributed by atoms with Crippen LogP contribution in [0.5, 0.6) is 0 Å². The van der Waals surface area contributed by atoms with Gasteiger partial charge in [-0.1, -0.05) is 36.5 Å². The molecule has 1 heterocycles. The van der Waals surface area contributed by atoms with Crippen LogP contribution in [0, 0.1) is 0 Å². The maximum absolute atomic E-state index is 12.2. The van der Waals surface area contributed by atoms with Crippen molar-refractivity contribution in [1.29, 1.82) is 0 Å². The number of carbonyl (C=O) groups is 1. The van der Waals surface area contributed by atoms with Crippen LogP contribution in [0.2, 0.25) is 10.2 Å². The maximum atomic E-state index is 12.2. The largest absolute Gasteiger partial charge is 0.348 e. The van der Waals surface area contributed by atoms with Crippen molar-refractivity contribution in [3.63, 3.8) is 0 Å². The van der Waals surface area contributed by atoms with E-state index < -0.39 is 0 Å². The number of amides is 1. The van der Waals surface area contributed by atoms with Gasteiger partial charge in [-0.25, -0.2) is 4.98 Å². The van der Waals surface area contributed by atoms with Crippen LogP contribution >= 0.6 is 35.0 Å². The summed E-state index contributed by atoms with van der Waals surface area (Å²) in [7, 11) is 0. The van der Waals surface area contributed by atoms with E-state index in [1.54, 1.807) is 0 Å². The highest BCUT2D eigenvalue weighted by molar-refractivity contribution is 7.99. The highest BCUT2D eigenvalue weighted by Gasteiger charge is 2.29. The normalized spacial score (nSPS) is 22.5. The molecule has 1 amide bonds. The average Bonchev–Trinajstić information content (AvgIpc) is 2.80. The number of hydrogen-bond acceptors (Lipinski definition) is 3. The molecule has 2 rings (SSSR count). The lowest BCUT2D eigenvalue weighted by Gasteiger charge is -2.20. The van der Waals surface area contributed by atoms with Crippen LogP contribution < -0.4 is 5.32 Å². The third-order valence-corrected chi connectivity index (χ3v) is 5.05. The molecule has 1 fully saturated rings. The molecule has 0 aromatic carbocycles. The Hall–Kier alpha value is -0.450. The fourth-order valence-electron chi connectivity index (χ4n) is 2.34. The van der Waals surface area contributed by atoms with Gasteiger partial charge in [-0.3, -0.25) is 4.79 Å². The molecule has 0 spiro atoms. The fourth-order valence-corrected chi connectivity index (χ4v) is 3.88. The standard InChI is InChI=1S/C13H16Cl2N2OS/c1-2-19-11-5-3-4-10(11)17-13(18)8-6-12(15)16-7-9(8)14/h6-7,10-11H,2-5H2,1H3,(H,17,18). The number of rotatable bonds is 4. The molecule has 104 valence electrons. The minimum atomic E-state index is -0.164. The summed E-state index contributed by atoms with van der Waals surface area (Å²) in [5, 5.41) is 4.18. The van der Waals surface area contributed by atoms with E-state index in [1.165, 1.54) is 12.3 Å². The topological polar surface area (TPSA) is 42.0 Å². The van der Waals surface area contributed by atoms with Crippen molar-refractivity contribution in [2.45, 2.75) is 37.5 Å². The number of halogens is 2. The van der Waals surface area contributed by atoms with E-state index in [0.717, 1.165) is 25.0 Å². The molecule has 3 nitrogen and oxygen atoms in total. The third-order valence-electron chi connectivity index (χ3n) is 3.22. The highest BCUT2D eigenvalue weighted by atomic mass is 35.5. The van der Waals surface area contributed by atoms with Gasteiger partial charge in [-0.15, -0.1) is 0 Å². The van der Waals surface area contributed by atoms with Crippen molar-refractivity contribution >= 4 is 40.9 Å². The van der Waals surface area contributed by atoms with Gasteiger partial charge in [0.2, 0.25) is 0 Å². The van der Waals surface area contributed by atoms with Crippen LogP contribution in [0.3, 0.4) is 0 Å². The predicted octanol–water partition coefficient (Wildman–Crippen LogP) is 3.79. The van der Waals surface area contributed by atoms with Crippen LogP contribution in [0.25, 0.3) is 0 Å². The first kappa shape index (κ1) is 14.9. The summed E-state index contributed by atoms with van der Waals surface area (Å²) in [5.41, 5.74) is 0.397. The second-order valence-electron chi connectivity index (χ2n) is 4.49. The molecule has 1 saturated carbocycles. The first-order chi connectivity index (χ1) is 9.11. The number of thioether (sulfide) groups is 1. The summed E-state index contributed by atoms with van der Waals surface area (Å²) < 4.78 is 0. The molecule has 6 heteroatoms. The molecular formula is C13H16Cl2N2OS. The van der Waals surface area contributed by atoms with Crippen molar-refractivity contribution in [1.82, 2.24) is 10.3 Å². The van der Waals surface area contributed by atoms with Gasteiger partial charge in [0.1, 0.15) is 5.15 Å². The zero-order chi connectivity index (χ0) is 13.8. The van der Waals surface area contributed by atoms with Crippen molar-refractivity contribution < 1.29 is 4.79 Å². The van der Waals surface area contributed by atoms with Crippen LogP contribution in [0.1, 0.15) is 36.5 Å². The summed E-state index contributed by atoms with van der Waals surface area (Å²) >= 11 is 13.7. The second-order valence-corrected chi connectivity index (χ2v) is 6.80. The van der Waals surface area contributed by atoms with E-state index in [-0.39, 0.29) is 17.1 Å². The summed E-state index contributed by atoms with van der Waals surface area (Å²) in [5.74, 6) is 0.904. The smallest absolute Gasteiger partial charge is 0.253 e. The van der Waals surface area contributed by atoms with E-state index in [4.69, 9.17) is 23.2 Å². The van der Waals surface area contributed by atoms with Gasteiger partial charge >= 0.3 is 0 Å².